The zero-order valence-electron chi connectivity index (χ0n) is 22.9. The molecule has 0 spiro atoms. The molecule has 0 unspecified atom stereocenters. The molecule has 1 N–H and O–H groups in total. The molecule has 0 fully saturated rings. The average molecular weight is 558 g/mol. The maximum Gasteiger partial charge on any atom is 0.164 e. The summed E-state index contributed by atoms with van der Waals surface area (Å²) in [6.07, 6.45) is 3.96. The van der Waals surface area contributed by atoms with Crippen molar-refractivity contribution in [3.63, 3.8) is 0 Å². The molecule has 43 heavy (non-hydrogen) atoms. The normalized spacial score (nSPS) is 11.4. The van der Waals surface area contributed by atoms with Gasteiger partial charge in [0.1, 0.15) is 5.82 Å². The highest BCUT2D eigenvalue weighted by molar-refractivity contribution is 5.99. The van der Waals surface area contributed by atoms with Crippen molar-refractivity contribution >= 4 is 21.8 Å². The van der Waals surface area contributed by atoms with Crippen molar-refractivity contribution in [2.24, 2.45) is 0 Å². The minimum atomic E-state index is -0.256. The lowest BCUT2D eigenvalue weighted by molar-refractivity contribution is 0.631. The molecule has 8 rings (SSSR count). The van der Waals surface area contributed by atoms with E-state index in [2.05, 4.69) is 33.8 Å². The van der Waals surface area contributed by atoms with Gasteiger partial charge >= 0.3 is 0 Å². The molecule has 0 saturated heterocycles. The molecule has 0 bridgehead atoms. The SMILES string of the molecule is Fc1ccccc1-c1cccc2ccn(-c3cc(-c4nc(-c5ccccc5)nc(-c5ccccc5)n4)cc4cc[nH]c34)c12. The molecule has 3 aromatic heterocycles. The molecule has 0 aliphatic rings. The molecule has 5 nitrogen and oxygen atoms in total. The first-order valence-corrected chi connectivity index (χ1v) is 14.1. The van der Waals surface area contributed by atoms with E-state index in [1.54, 1.807) is 6.07 Å². The fourth-order valence-corrected chi connectivity index (χ4v) is 5.70. The largest absolute Gasteiger partial charge is 0.359 e. The van der Waals surface area contributed by atoms with E-state index in [0.29, 0.717) is 23.0 Å². The first-order valence-electron chi connectivity index (χ1n) is 14.1. The predicted octanol–water partition coefficient (Wildman–Crippen LogP) is 9.10. The van der Waals surface area contributed by atoms with Gasteiger partial charge in [-0.2, -0.15) is 0 Å². The van der Waals surface area contributed by atoms with Gasteiger partial charge in [-0.05, 0) is 30.3 Å². The fourth-order valence-electron chi connectivity index (χ4n) is 5.70. The maximum atomic E-state index is 15.1. The Hall–Kier alpha value is -5.88. The molecule has 0 amide bonds. The summed E-state index contributed by atoms with van der Waals surface area (Å²) < 4.78 is 17.2. The Labute approximate surface area is 247 Å². The Kier molecular flexibility index (Phi) is 5.90. The van der Waals surface area contributed by atoms with Gasteiger partial charge in [0.2, 0.25) is 0 Å². The van der Waals surface area contributed by atoms with Gasteiger partial charge in [-0.25, -0.2) is 19.3 Å². The minimum absolute atomic E-state index is 0.256. The Bertz CT molecular complexity index is 2190. The first kappa shape index (κ1) is 24.9. The van der Waals surface area contributed by atoms with Crippen molar-refractivity contribution in [2.75, 3.05) is 0 Å². The number of hydrogen-bond acceptors (Lipinski definition) is 3. The van der Waals surface area contributed by atoms with E-state index in [-0.39, 0.29) is 5.82 Å². The van der Waals surface area contributed by atoms with Crippen molar-refractivity contribution in [2.45, 2.75) is 0 Å². The van der Waals surface area contributed by atoms with Crippen LogP contribution in [-0.4, -0.2) is 24.5 Å². The lowest BCUT2D eigenvalue weighted by atomic mass is 10.0. The summed E-state index contributed by atoms with van der Waals surface area (Å²) in [6.45, 7) is 0. The van der Waals surface area contributed by atoms with Crippen LogP contribution >= 0.6 is 0 Å². The lowest BCUT2D eigenvalue weighted by Crippen LogP contribution is -2.01. The standard InChI is InChI=1S/C37H24FN5/c38-31-17-8-7-15-29(31)30-16-9-14-24-19-21-43(34(24)30)32-23-28(22-27-18-20-39-33(27)32)37-41-35(25-10-3-1-4-11-25)40-36(42-37)26-12-5-2-6-13-26/h1-23,39H. The quantitative estimate of drug-likeness (QED) is 0.230. The number of hydrogen-bond donors (Lipinski definition) is 1. The Morgan fingerprint density at radius 3 is 1.86 bits per heavy atom. The number of nitrogens with zero attached hydrogens (tertiary/aromatic N) is 4. The highest BCUT2D eigenvalue weighted by atomic mass is 19.1. The summed E-state index contributed by atoms with van der Waals surface area (Å²) in [5, 5.41) is 2.03. The molecule has 3 heterocycles. The van der Waals surface area contributed by atoms with Crippen LogP contribution in [0.15, 0.2) is 140 Å². The van der Waals surface area contributed by atoms with E-state index in [0.717, 1.165) is 49.7 Å². The lowest BCUT2D eigenvalue weighted by Gasteiger charge is -2.14. The Morgan fingerprint density at radius 2 is 1.16 bits per heavy atom. The van der Waals surface area contributed by atoms with Gasteiger partial charge in [0.05, 0.1) is 16.7 Å². The van der Waals surface area contributed by atoms with Crippen LogP contribution in [0, 0.1) is 5.82 Å². The van der Waals surface area contributed by atoms with Gasteiger partial charge in [0.25, 0.3) is 0 Å². The van der Waals surface area contributed by atoms with Gasteiger partial charge in [-0.15, -0.1) is 0 Å². The number of benzene rings is 5. The fraction of sp³-hybridized carbons (Fsp3) is 0. The third kappa shape index (κ3) is 4.37. The van der Waals surface area contributed by atoms with Crippen molar-refractivity contribution in [1.82, 2.24) is 24.5 Å². The van der Waals surface area contributed by atoms with Crippen LogP contribution < -0.4 is 0 Å². The number of aromatic amines is 1. The number of nitrogens with one attached hydrogen (secondary N) is 1. The number of fused-ring (bicyclic) bond motifs is 2. The molecular formula is C37H24FN5. The van der Waals surface area contributed by atoms with E-state index in [9.17, 15) is 0 Å². The number of H-pyrrole nitrogens is 1. The number of aromatic nitrogens is 5. The van der Waals surface area contributed by atoms with Gasteiger partial charge in [-0.1, -0.05) is 97.1 Å². The van der Waals surface area contributed by atoms with E-state index in [4.69, 9.17) is 15.0 Å². The molecule has 0 radical (unpaired) electrons. The monoisotopic (exact) mass is 557 g/mol. The molecule has 204 valence electrons. The predicted molar refractivity (Wildman–Crippen MR) is 170 cm³/mol. The van der Waals surface area contributed by atoms with Gasteiger partial charge in [-0.3, -0.25) is 0 Å². The van der Waals surface area contributed by atoms with E-state index < -0.39 is 0 Å². The van der Waals surface area contributed by atoms with Crippen LogP contribution in [0.1, 0.15) is 0 Å². The van der Waals surface area contributed by atoms with Crippen molar-refractivity contribution in [3.8, 4) is 51.0 Å². The van der Waals surface area contributed by atoms with Gasteiger partial charge in [0, 0.05) is 51.0 Å². The Morgan fingerprint density at radius 1 is 0.535 bits per heavy atom. The number of rotatable bonds is 5. The topological polar surface area (TPSA) is 59.4 Å². The Balaban J connectivity index is 1.37. The van der Waals surface area contributed by atoms with Crippen LogP contribution in [0.3, 0.4) is 0 Å². The molecule has 0 aliphatic carbocycles. The van der Waals surface area contributed by atoms with E-state index >= 15 is 4.39 Å². The van der Waals surface area contributed by atoms with Crippen LogP contribution in [-0.2, 0) is 0 Å². The maximum absolute atomic E-state index is 15.1. The highest BCUT2D eigenvalue weighted by Gasteiger charge is 2.18. The smallest absolute Gasteiger partial charge is 0.164 e. The molecule has 5 aromatic carbocycles. The van der Waals surface area contributed by atoms with Crippen LogP contribution in [0.25, 0.3) is 72.8 Å². The minimum Gasteiger partial charge on any atom is -0.359 e. The van der Waals surface area contributed by atoms with Crippen LogP contribution in [0.2, 0.25) is 0 Å². The van der Waals surface area contributed by atoms with Crippen LogP contribution in [0.4, 0.5) is 4.39 Å². The summed E-state index contributed by atoms with van der Waals surface area (Å²) in [5.41, 5.74) is 6.86. The third-order valence-corrected chi connectivity index (χ3v) is 7.73. The first-order chi connectivity index (χ1) is 21.2. The van der Waals surface area contributed by atoms with Gasteiger partial charge < -0.3 is 9.55 Å². The van der Waals surface area contributed by atoms with Gasteiger partial charge in [0.15, 0.2) is 17.5 Å². The summed E-state index contributed by atoms with van der Waals surface area (Å²) in [6, 6.07) is 41.1. The number of halogens is 1. The summed E-state index contributed by atoms with van der Waals surface area (Å²) in [7, 11) is 0. The van der Waals surface area contributed by atoms with Crippen molar-refractivity contribution < 1.29 is 4.39 Å². The zero-order chi connectivity index (χ0) is 28.8. The summed E-state index contributed by atoms with van der Waals surface area (Å²) in [5.74, 6) is 1.53. The second kappa shape index (κ2) is 10.2. The second-order valence-electron chi connectivity index (χ2n) is 10.4. The van der Waals surface area contributed by atoms with Crippen LogP contribution in [0.5, 0.6) is 0 Å². The highest BCUT2D eigenvalue weighted by Crippen LogP contribution is 2.36. The summed E-state index contributed by atoms with van der Waals surface area (Å²) in [4.78, 5) is 18.2. The molecule has 8 aromatic rings. The zero-order valence-corrected chi connectivity index (χ0v) is 22.9. The van der Waals surface area contributed by atoms with Crippen molar-refractivity contribution in [3.05, 3.63) is 146 Å². The van der Waals surface area contributed by atoms with Crippen molar-refractivity contribution in [1.29, 1.82) is 0 Å². The molecule has 0 atom stereocenters. The average Bonchev–Trinajstić information content (AvgIpc) is 3.73. The molecule has 0 saturated carbocycles. The molecule has 6 heteroatoms. The third-order valence-electron chi connectivity index (χ3n) is 7.73. The second-order valence-corrected chi connectivity index (χ2v) is 10.4. The molecule has 0 aliphatic heterocycles. The molecular weight excluding hydrogens is 533 g/mol. The van der Waals surface area contributed by atoms with E-state index in [1.165, 1.54) is 6.07 Å². The summed E-state index contributed by atoms with van der Waals surface area (Å²) >= 11 is 0. The number of para-hydroxylation sites is 1. The van der Waals surface area contributed by atoms with E-state index in [1.807, 2.05) is 103 Å².